The Kier molecular flexibility index (Phi) is 9.27. The molecule has 0 aliphatic carbocycles. The van der Waals surface area contributed by atoms with E-state index in [1.54, 1.807) is 16.7 Å². The zero-order valence-electron chi connectivity index (χ0n) is 22.1. The summed E-state index contributed by atoms with van der Waals surface area (Å²) in [5.41, 5.74) is 2.98. The maximum Gasteiger partial charge on any atom is 0.318 e. The second-order valence-electron chi connectivity index (χ2n) is 10.2. The molecule has 2 heterocycles. The highest BCUT2D eigenvalue weighted by Crippen LogP contribution is 2.40. The van der Waals surface area contributed by atoms with Gasteiger partial charge in [-0.15, -0.1) is 23.5 Å². The summed E-state index contributed by atoms with van der Waals surface area (Å²) in [4.78, 5) is 43.2. The van der Waals surface area contributed by atoms with Gasteiger partial charge < -0.3 is 25.5 Å². The van der Waals surface area contributed by atoms with Gasteiger partial charge in [-0.1, -0.05) is 54.6 Å². The fraction of sp³-hybridized carbons (Fsp3) is 0.464. The van der Waals surface area contributed by atoms with Crippen molar-refractivity contribution in [3.8, 4) is 0 Å². The minimum absolute atomic E-state index is 0.262. The average molecular weight is 557 g/mol. The highest BCUT2D eigenvalue weighted by Gasteiger charge is 2.49. The van der Waals surface area contributed by atoms with Crippen LogP contribution in [0.3, 0.4) is 0 Å². The molecule has 3 atom stereocenters. The number of aryl methyl sites for hydroxylation is 1. The van der Waals surface area contributed by atoms with Crippen molar-refractivity contribution in [3.05, 3.63) is 71.3 Å². The van der Waals surface area contributed by atoms with Crippen LogP contribution in [0.5, 0.6) is 0 Å². The van der Waals surface area contributed by atoms with Gasteiger partial charge in [0, 0.05) is 23.6 Å². The second-order valence-corrected chi connectivity index (χ2v) is 12.9. The van der Waals surface area contributed by atoms with Crippen molar-refractivity contribution >= 4 is 41.4 Å². The van der Waals surface area contributed by atoms with Crippen LogP contribution >= 0.6 is 23.5 Å². The molecule has 204 valence electrons. The number of thioether (sulfide) groups is 2. The van der Waals surface area contributed by atoms with E-state index in [1.807, 2.05) is 75.4 Å². The Balaban J connectivity index is 1.50. The number of amides is 4. The Hall–Kier alpha value is -2.69. The van der Waals surface area contributed by atoms with Gasteiger partial charge in [0.1, 0.15) is 6.04 Å². The van der Waals surface area contributed by atoms with Gasteiger partial charge in [0.2, 0.25) is 5.91 Å². The molecule has 4 rings (SSSR count). The van der Waals surface area contributed by atoms with Crippen molar-refractivity contribution in [1.29, 1.82) is 0 Å². The number of nitrogens with zero attached hydrogens (tertiary/aromatic N) is 2. The third kappa shape index (κ3) is 6.65. The van der Waals surface area contributed by atoms with E-state index in [-0.39, 0.29) is 24.2 Å². The Morgan fingerprint density at radius 3 is 2.47 bits per heavy atom. The standard InChI is InChI=1S/C28H36N4O4S2/c1-19-9-7-8-12-21(19)16-29-25(34)24-28(2,3)38-18-32(24)26(35)23(33)22(15-20-10-5-4-6-11-20)30-27(36)31-13-14-37-17-31/h4-12,22-24,33H,13-18H2,1-3H3,(H,29,34)(H,30,36). The van der Waals surface area contributed by atoms with Gasteiger partial charge >= 0.3 is 6.03 Å². The molecule has 2 aliphatic rings. The maximum atomic E-state index is 13.7. The van der Waals surface area contributed by atoms with Gasteiger partial charge in [-0.25, -0.2) is 4.79 Å². The van der Waals surface area contributed by atoms with Crippen LogP contribution in [0, 0.1) is 6.92 Å². The lowest BCUT2D eigenvalue weighted by atomic mass is 9.97. The number of aliphatic hydroxyl groups is 1. The van der Waals surface area contributed by atoms with Crippen LogP contribution in [0.4, 0.5) is 4.79 Å². The van der Waals surface area contributed by atoms with Crippen LogP contribution in [0.2, 0.25) is 0 Å². The first-order valence-corrected chi connectivity index (χ1v) is 14.9. The van der Waals surface area contributed by atoms with Crippen LogP contribution in [0.15, 0.2) is 54.6 Å². The molecule has 4 amide bonds. The van der Waals surface area contributed by atoms with Gasteiger partial charge in [0.25, 0.3) is 5.91 Å². The molecular weight excluding hydrogens is 520 g/mol. The molecule has 3 N–H and O–H groups in total. The minimum atomic E-state index is -1.50. The second kappa shape index (κ2) is 12.4. The lowest BCUT2D eigenvalue weighted by molar-refractivity contribution is -0.147. The summed E-state index contributed by atoms with van der Waals surface area (Å²) < 4.78 is -0.545. The van der Waals surface area contributed by atoms with E-state index >= 15 is 0 Å². The topological polar surface area (TPSA) is 102 Å². The van der Waals surface area contributed by atoms with Crippen molar-refractivity contribution in [2.45, 2.75) is 56.7 Å². The summed E-state index contributed by atoms with van der Waals surface area (Å²) in [7, 11) is 0. The van der Waals surface area contributed by atoms with E-state index in [2.05, 4.69) is 10.6 Å². The monoisotopic (exact) mass is 556 g/mol. The van der Waals surface area contributed by atoms with Gasteiger partial charge in [-0.2, -0.15) is 0 Å². The summed E-state index contributed by atoms with van der Waals surface area (Å²) in [6.07, 6.45) is -1.22. The first-order valence-electron chi connectivity index (χ1n) is 12.8. The number of urea groups is 1. The van der Waals surface area contributed by atoms with E-state index < -0.39 is 28.8 Å². The molecule has 0 aromatic heterocycles. The molecule has 2 fully saturated rings. The minimum Gasteiger partial charge on any atom is -0.381 e. The van der Waals surface area contributed by atoms with Crippen molar-refractivity contribution in [2.75, 3.05) is 24.1 Å². The van der Waals surface area contributed by atoms with Crippen molar-refractivity contribution in [2.24, 2.45) is 0 Å². The van der Waals surface area contributed by atoms with E-state index in [9.17, 15) is 19.5 Å². The molecule has 0 bridgehead atoms. The number of aliphatic hydroxyl groups excluding tert-OH is 1. The fourth-order valence-electron chi connectivity index (χ4n) is 4.78. The van der Waals surface area contributed by atoms with Crippen LogP contribution in [0.25, 0.3) is 0 Å². The summed E-state index contributed by atoms with van der Waals surface area (Å²) in [6.45, 7) is 6.84. The first-order chi connectivity index (χ1) is 18.2. The van der Waals surface area contributed by atoms with Crippen molar-refractivity contribution in [1.82, 2.24) is 20.4 Å². The zero-order valence-corrected chi connectivity index (χ0v) is 23.7. The van der Waals surface area contributed by atoms with Gasteiger partial charge in [-0.3, -0.25) is 9.59 Å². The number of carbonyl (C=O) groups is 3. The highest BCUT2D eigenvalue weighted by atomic mass is 32.2. The average Bonchev–Trinajstić information content (AvgIpc) is 3.55. The molecule has 2 saturated heterocycles. The summed E-state index contributed by atoms with van der Waals surface area (Å²) in [6, 6.07) is 15.4. The van der Waals surface area contributed by atoms with Gasteiger partial charge in [-0.05, 0) is 43.9 Å². The summed E-state index contributed by atoms with van der Waals surface area (Å²) in [5.74, 6) is 0.892. The molecule has 0 spiro atoms. The molecule has 3 unspecified atom stereocenters. The number of hydrogen-bond acceptors (Lipinski definition) is 6. The third-order valence-electron chi connectivity index (χ3n) is 7.07. The Bertz CT molecular complexity index is 1140. The first kappa shape index (κ1) is 28.3. The fourth-order valence-corrected chi connectivity index (χ4v) is 6.86. The molecule has 0 radical (unpaired) electrons. The quantitative estimate of drug-likeness (QED) is 0.462. The molecule has 0 saturated carbocycles. The zero-order chi connectivity index (χ0) is 27.3. The number of rotatable bonds is 8. The molecule has 2 aliphatic heterocycles. The van der Waals surface area contributed by atoms with E-state index in [0.29, 0.717) is 19.0 Å². The lowest BCUT2D eigenvalue weighted by Crippen LogP contribution is -2.59. The number of benzene rings is 2. The predicted octanol–water partition coefficient (Wildman–Crippen LogP) is 2.98. The normalized spacial score (nSPS) is 20.2. The van der Waals surface area contributed by atoms with Crippen LogP contribution in [0.1, 0.15) is 30.5 Å². The maximum absolute atomic E-state index is 13.7. The number of hydrogen-bond donors (Lipinski definition) is 3. The van der Waals surface area contributed by atoms with Crippen LogP contribution in [-0.2, 0) is 22.6 Å². The largest absolute Gasteiger partial charge is 0.381 e. The van der Waals surface area contributed by atoms with E-state index in [0.717, 1.165) is 22.4 Å². The molecule has 38 heavy (non-hydrogen) atoms. The third-order valence-corrected chi connectivity index (χ3v) is 9.41. The van der Waals surface area contributed by atoms with Crippen molar-refractivity contribution < 1.29 is 19.5 Å². The molecule has 10 heteroatoms. The van der Waals surface area contributed by atoms with Crippen LogP contribution < -0.4 is 10.6 Å². The summed E-state index contributed by atoms with van der Waals surface area (Å²) in [5, 5.41) is 17.2. The summed E-state index contributed by atoms with van der Waals surface area (Å²) >= 11 is 3.16. The Labute approximate surface area is 232 Å². The number of nitrogens with one attached hydrogen (secondary N) is 2. The Morgan fingerprint density at radius 2 is 1.79 bits per heavy atom. The predicted molar refractivity (Wildman–Crippen MR) is 153 cm³/mol. The van der Waals surface area contributed by atoms with Crippen LogP contribution in [-0.4, -0.2) is 79.7 Å². The SMILES string of the molecule is Cc1ccccc1CNC(=O)C1N(C(=O)C(O)C(Cc2ccccc2)NC(=O)N2CCSC2)CSC1(C)C. The molecular formula is C28H36N4O4S2. The van der Waals surface area contributed by atoms with E-state index in [1.165, 1.54) is 16.7 Å². The van der Waals surface area contributed by atoms with Crippen molar-refractivity contribution in [3.63, 3.8) is 0 Å². The molecule has 2 aromatic carbocycles. The van der Waals surface area contributed by atoms with Gasteiger partial charge in [0.15, 0.2) is 6.10 Å². The number of carbonyl (C=O) groups excluding carboxylic acids is 3. The molecule has 2 aromatic rings. The van der Waals surface area contributed by atoms with E-state index in [4.69, 9.17) is 0 Å². The smallest absolute Gasteiger partial charge is 0.318 e. The highest BCUT2D eigenvalue weighted by molar-refractivity contribution is 8.01. The molecule has 8 nitrogen and oxygen atoms in total. The lowest BCUT2D eigenvalue weighted by Gasteiger charge is -2.33. The van der Waals surface area contributed by atoms with Gasteiger partial charge in [0.05, 0.1) is 17.8 Å². The Morgan fingerprint density at radius 1 is 1.08 bits per heavy atom.